The van der Waals surface area contributed by atoms with Gasteiger partial charge in [-0.25, -0.2) is 5.43 Å². The fourth-order valence-corrected chi connectivity index (χ4v) is 3.93. The highest BCUT2D eigenvalue weighted by Crippen LogP contribution is 2.21. The second-order valence-corrected chi connectivity index (χ2v) is 7.81. The number of amides is 1. The number of nitrogens with zero attached hydrogens (tertiary/aromatic N) is 2. The quantitative estimate of drug-likeness (QED) is 0.266. The van der Waals surface area contributed by atoms with Crippen LogP contribution in [0.3, 0.4) is 0 Å². The predicted molar refractivity (Wildman–Crippen MR) is 134 cm³/mol. The zero-order valence-electron chi connectivity index (χ0n) is 18.1. The van der Waals surface area contributed by atoms with Gasteiger partial charge in [-0.15, -0.1) is 0 Å². The number of hydrogen-bond acceptors (Lipinski definition) is 2. The molecule has 4 heteroatoms. The monoisotopic (exact) mass is 429 g/mol. The van der Waals surface area contributed by atoms with Gasteiger partial charge in [0.15, 0.2) is 0 Å². The molecule has 4 aromatic carbocycles. The van der Waals surface area contributed by atoms with Gasteiger partial charge in [-0.05, 0) is 28.6 Å². The number of hydrogen-bond donors (Lipinski definition) is 1. The van der Waals surface area contributed by atoms with E-state index < -0.39 is 0 Å². The van der Waals surface area contributed by atoms with Crippen LogP contribution in [-0.2, 0) is 11.3 Å². The molecule has 0 aliphatic heterocycles. The number of aromatic nitrogens is 1. The Morgan fingerprint density at radius 1 is 0.667 bits per heavy atom. The third kappa shape index (κ3) is 4.60. The Hall–Kier alpha value is -4.44. The average molecular weight is 430 g/mol. The molecule has 0 fully saturated rings. The number of para-hydroxylation sites is 1. The Morgan fingerprint density at radius 2 is 1.27 bits per heavy atom. The summed E-state index contributed by atoms with van der Waals surface area (Å²) in [5.41, 5.74) is 8.68. The molecule has 33 heavy (non-hydrogen) atoms. The smallest absolute Gasteiger partial charge is 0.260 e. The first-order chi connectivity index (χ1) is 16.3. The van der Waals surface area contributed by atoms with Gasteiger partial charge in [0.1, 0.15) is 6.54 Å². The molecular weight excluding hydrogens is 406 g/mol. The second-order valence-electron chi connectivity index (χ2n) is 7.81. The van der Waals surface area contributed by atoms with Gasteiger partial charge < -0.3 is 4.57 Å². The Balaban J connectivity index is 1.40. The molecule has 0 spiro atoms. The maximum atomic E-state index is 12.7. The average Bonchev–Trinajstić information content (AvgIpc) is 3.28. The molecule has 5 aromatic rings. The molecule has 0 aliphatic carbocycles. The number of hydrazone groups is 1. The lowest BCUT2D eigenvalue weighted by molar-refractivity contribution is -0.121. The van der Waals surface area contributed by atoms with Crippen molar-refractivity contribution in [2.75, 3.05) is 0 Å². The van der Waals surface area contributed by atoms with Gasteiger partial charge in [-0.3, -0.25) is 4.79 Å². The molecule has 1 N–H and O–H groups in total. The highest BCUT2D eigenvalue weighted by molar-refractivity contribution is 6.13. The van der Waals surface area contributed by atoms with Gasteiger partial charge in [-0.2, -0.15) is 5.10 Å². The van der Waals surface area contributed by atoms with E-state index in [9.17, 15) is 4.79 Å². The summed E-state index contributed by atoms with van der Waals surface area (Å²) in [5.74, 6) is -0.175. The zero-order valence-corrected chi connectivity index (χ0v) is 18.1. The van der Waals surface area contributed by atoms with Crippen molar-refractivity contribution in [2.24, 2.45) is 5.10 Å². The van der Waals surface area contributed by atoms with Crippen molar-refractivity contribution < 1.29 is 4.79 Å². The SMILES string of the molecule is O=C(Cn1ccc2ccccc21)NN=C(c1ccccc1)c1ccc(-c2ccccc2)cc1. The van der Waals surface area contributed by atoms with Crippen LogP contribution >= 0.6 is 0 Å². The normalized spacial score (nSPS) is 11.5. The maximum absolute atomic E-state index is 12.7. The second kappa shape index (κ2) is 9.37. The third-order valence-electron chi connectivity index (χ3n) is 5.60. The van der Waals surface area contributed by atoms with E-state index in [1.807, 2.05) is 102 Å². The number of carbonyl (C=O) groups excluding carboxylic acids is 1. The van der Waals surface area contributed by atoms with E-state index >= 15 is 0 Å². The molecule has 4 nitrogen and oxygen atoms in total. The lowest BCUT2D eigenvalue weighted by atomic mass is 9.99. The highest BCUT2D eigenvalue weighted by atomic mass is 16.2. The Morgan fingerprint density at radius 3 is 2.03 bits per heavy atom. The molecule has 0 unspecified atom stereocenters. The van der Waals surface area contributed by atoms with Gasteiger partial charge in [0, 0.05) is 22.8 Å². The summed E-state index contributed by atoms with van der Waals surface area (Å²) in [4.78, 5) is 12.7. The van der Waals surface area contributed by atoms with Crippen molar-refractivity contribution in [3.05, 3.63) is 133 Å². The molecule has 1 amide bonds. The maximum Gasteiger partial charge on any atom is 0.260 e. The number of rotatable bonds is 6. The molecule has 1 aromatic heterocycles. The lowest BCUT2D eigenvalue weighted by Gasteiger charge is -2.10. The van der Waals surface area contributed by atoms with E-state index in [1.165, 1.54) is 0 Å². The zero-order chi connectivity index (χ0) is 22.5. The van der Waals surface area contributed by atoms with Crippen molar-refractivity contribution in [1.29, 1.82) is 0 Å². The van der Waals surface area contributed by atoms with Crippen LogP contribution in [0, 0.1) is 0 Å². The summed E-state index contributed by atoms with van der Waals surface area (Å²) < 4.78 is 1.93. The first kappa shape index (κ1) is 20.5. The highest BCUT2D eigenvalue weighted by Gasteiger charge is 2.10. The minimum Gasteiger partial charge on any atom is -0.338 e. The van der Waals surface area contributed by atoms with Crippen LogP contribution < -0.4 is 5.43 Å². The van der Waals surface area contributed by atoms with Crippen molar-refractivity contribution in [3.63, 3.8) is 0 Å². The lowest BCUT2D eigenvalue weighted by Crippen LogP contribution is -2.24. The van der Waals surface area contributed by atoms with E-state index in [0.29, 0.717) is 0 Å². The standard InChI is InChI=1S/C29H23N3O/c33-28(21-32-20-19-24-11-7-8-14-27(24)32)30-31-29(25-12-5-2-6-13-25)26-17-15-23(16-18-26)22-9-3-1-4-10-22/h1-20H,21H2,(H,30,33). The third-order valence-corrected chi connectivity index (χ3v) is 5.60. The summed E-state index contributed by atoms with van der Waals surface area (Å²) in [5, 5.41) is 5.64. The van der Waals surface area contributed by atoms with Crippen LogP contribution in [0.15, 0.2) is 127 Å². The molecule has 0 saturated carbocycles. The number of nitrogens with one attached hydrogen (secondary N) is 1. The van der Waals surface area contributed by atoms with E-state index in [-0.39, 0.29) is 12.5 Å². The number of fused-ring (bicyclic) bond motifs is 1. The fourth-order valence-electron chi connectivity index (χ4n) is 3.93. The van der Waals surface area contributed by atoms with Crippen molar-refractivity contribution >= 4 is 22.5 Å². The summed E-state index contributed by atoms with van der Waals surface area (Å²) >= 11 is 0. The molecule has 0 saturated heterocycles. The minimum absolute atomic E-state index is 0.175. The molecule has 1 heterocycles. The summed E-state index contributed by atoms with van der Waals surface area (Å²) in [6, 6.07) is 38.4. The molecule has 0 radical (unpaired) electrons. The van der Waals surface area contributed by atoms with E-state index in [2.05, 4.69) is 34.8 Å². The minimum atomic E-state index is -0.175. The first-order valence-corrected chi connectivity index (χ1v) is 10.9. The topological polar surface area (TPSA) is 46.4 Å². The van der Waals surface area contributed by atoms with Crippen LogP contribution in [-0.4, -0.2) is 16.2 Å². The Labute approximate surface area is 192 Å². The van der Waals surface area contributed by atoms with Gasteiger partial charge >= 0.3 is 0 Å². The number of benzene rings is 4. The van der Waals surface area contributed by atoms with Gasteiger partial charge in [0.25, 0.3) is 5.91 Å². The summed E-state index contributed by atoms with van der Waals surface area (Å²) in [6.45, 7) is 0.200. The van der Waals surface area contributed by atoms with Crippen molar-refractivity contribution in [1.82, 2.24) is 9.99 Å². The van der Waals surface area contributed by atoms with E-state index in [1.54, 1.807) is 0 Å². The summed E-state index contributed by atoms with van der Waals surface area (Å²) in [7, 11) is 0. The van der Waals surface area contributed by atoms with Crippen LogP contribution in [0.5, 0.6) is 0 Å². The van der Waals surface area contributed by atoms with E-state index in [4.69, 9.17) is 0 Å². The van der Waals surface area contributed by atoms with Crippen LogP contribution in [0.25, 0.3) is 22.0 Å². The Kier molecular flexibility index (Phi) is 5.81. The van der Waals surface area contributed by atoms with Gasteiger partial charge in [0.05, 0.1) is 5.71 Å². The largest absolute Gasteiger partial charge is 0.338 e. The summed E-state index contributed by atoms with van der Waals surface area (Å²) in [6.07, 6.45) is 1.92. The van der Waals surface area contributed by atoms with Gasteiger partial charge in [0.2, 0.25) is 0 Å². The molecule has 5 rings (SSSR count). The van der Waals surface area contributed by atoms with Crippen LogP contribution in [0.1, 0.15) is 11.1 Å². The molecule has 0 bridgehead atoms. The van der Waals surface area contributed by atoms with Crippen LogP contribution in [0.4, 0.5) is 0 Å². The molecule has 0 aliphatic rings. The molecule has 160 valence electrons. The molecular formula is C29H23N3O. The Bertz CT molecular complexity index is 1400. The predicted octanol–water partition coefficient (Wildman–Crippen LogP) is 5.88. The van der Waals surface area contributed by atoms with E-state index in [0.717, 1.165) is 38.9 Å². The number of carbonyl (C=O) groups is 1. The molecule has 0 atom stereocenters. The van der Waals surface area contributed by atoms with Gasteiger partial charge in [-0.1, -0.05) is 103 Å². The van der Waals surface area contributed by atoms with Crippen LogP contribution in [0.2, 0.25) is 0 Å². The van der Waals surface area contributed by atoms with Crippen molar-refractivity contribution in [2.45, 2.75) is 6.54 Å². The first-order valence-electron chi connectivity index (χ1n) is 10.9. The van der Waals surface area contributed by atoms with Crippen molar-refractivity contribution in [3.8, 4) is 11.1 Å². The fraction of sp³-hybridized carbons (Fsp3) is 0.0345.